The van der Waals surface area contributed by atoms with Crippen LogP contribution in [-0.4, -0.2) is 59.2 Å². The topological polar surface area (TPSA) is 93.1 Å². The molecule has 2 aliphatic rings. The van der Waals surface area contributed by atoms with Crippen molar-refractivity contribution < 1.29 is 19.8 Å². The van der Waals surface area contributed by atoms with Crippen LogP contribution in [0.5, 0.6) is 5.75 Å². The number of carbonyl (C=O) groups is 2. The van der Waals surface area contributed by atoms with Gasteiger partial charge in [0.2, 0.25) is 5.91 Å². The lowest BCUT2D eigenvalue weighted by molar-refractivity contribution is -0.125. The van der Waals surface area contributed by atoms with Crippen LogP contribution in [0.2, 0.25) is 0 Å². The smallest absolute Gasteiger partial charge is 0.254 e. The second-order valence-electron chi connectivity index (χ2n) is 8.12. The molecule has 0 spiro atoms. The Hall–Kier alpha value is -3.06. The van der Waals surface area contributed by atoms with Gasteiger partial charge in [0.15, 0.2) is 0 Å². The minimum absolute atomic E-state index is 0.0142. The number of aliphatic hydroxyl groups excluding tert-OH is 1. The Balaban J connectivity index is 1.43. The third kappa shape index (κ3) is 4.11. The molecular weight excluding hydrogens is 382 g/mol. The number of fused-ring (bicyclic) bond motifs is 1. The largest absolute Gasteiger partial charge is 0.508 e. The first-order valence-corrected chi connectivity index (χ1v) is 10.3. The highest BCUT2D eigenvalue weighted by Gasteiger charge is 2.39. The molecule has 1 fully saturated rings. The van der Waals surface area contributed by atoms with E-state index in [0.717, 1.165) is 24.9 Å². The normalized spacial score (nSPS) is 20.7. The number of aromatic hydroxyl groups is 1. The summed E-state index contributed by atoms with van der Waals surface area (Å²) in [4.78, 5) is 29.3. The number of hydrogen-bond donors (Lipinski definition) is 3. The number of carbonyl (C=O) groups excluding carboxylic acids is 2. The van der Waals surface area contributed by atoms with E-state index in [1.165, 1.54) is 28.3 Å². The molecular formula is C23H27N3O4. The van der Waals surface area contributed by atoms with Crippen molar-refractivity contribution in [3.8, 4) is 5.75 Å². The van der Waals surface area contributed by atoms with Crippen LogP contribution in [0.25, 0.3) is 0 Å². The zero-order valence-electron chi connectivity index (χ0n) is 17.0. The van der Waals surface area contributed by atoms with Crippen molar-refractivity contribution in [1.82, 2.24) is 10.2 Å². The second-order valence-corrected chi connectivity index (χ2v) is 8.12. The summed E-state index contributed by atoms with van der Waals surface area (Å²) in [6.45, 7) is 1.52. The average molecular weight is 409 g/mol. The number of phenolic OH excluding ortho intramolecular Hbond substituents is 1. The summed E-state index contributed by atoms with van der Waals surface area (Å²) in [6.07, 6.45) is 1.60. The van der Waals surface area contributed by atoms with Crippen LogP contribution in [0, 0.1) is 0 Å². The minimum atomic E-state index is -0.749. The fourth-order valence-corrected chi connectivity index (χ4v) is 4.35. The van der Waals surface area contributed by atoms with E-state index in [1.54, 1.807) is 12.1 Å². The van der Waals surface area contributed by atoms with E-state index in [9.17, 15) is 19.8 Å². The molecule has 0 radical (unpaired) electrons. The molecule has 7 nitrogen and oxygen atoms in total. The number of anilines is 1. The lowest BCUT2D eigenvalue weighted by Gasteiger charge is -2.28. The van der Waals surface area contributed by atoms with Gasteiger partial charge in [-0.05, 0) is 48.2 Å². The van der Waals surface area contributed by atoms with Crippen molar-refractivity contribution in [2.24, 2.45) is 0 Å². The highest BCUT2D eigenvalue weighted by atomic mass is 16.3. The molecule has 158 valence electrons. The first-order chi connectivity index (χ1) is 14.4. The van der Waals surface area contributed by atoms with Crippen LogP contribution in [0.1, 0.15) is 34.3 Å². The van der Waals surface area contributed by atoms with Crippen LogP contribution < -0.4 is 10.2 Å². The molecule has 2 aliphatic heterocycles. The molecule has 2 aromatic carbocycles. The number of hydrogen-bond acceptors (Lipinski definition) is 5. The Morgan fingerprint density at radius 3 is 2.83 bits per heavy atom. The SMILES string of the molecule is CN1CCCc2cc(CNC(=O)[C@@H]3C[C@@H](O)CN3C(=O)c3cccc(O)c3)ccc21. The van der Waals surface area contributed by atoms with Crippen molar-refractivity contribution in [2.75, 3.05) is 25.0 Å². The maximum Gasteiger partial charge on any atom is 0.254 e. The van der Waals surface area contributed by atoms with E-state index in [4.69, 9.17) is 0 Å². The lowest BCUT2D eigenvalue weighted by atomic mass is 9.99. The van der Waals surface area contributed by atoms with Gasteiger partial charge in [-0.25, -0.2) is 0 Å². The van der Waals surface area contributed by atoms with E-state index in [-0.39, 0.29) is 30.5 Å². The minimum Gasteiger partial charge on any atom is -0.508 e. The number of phenols is 1. The first-order valence-electron chi connectivity index (χ1n) is 10.3. The lowest BCUT2D eigenvalue weighted by Crippen LogP contribution is -2.45. The highest BCUT2D eigenvalue weighted by Crippen LogP contribution is 2.27. The van der Waals surface area contributed by atoms with Crippen molar-refractivity contribution in [1.29, 1.82) is 0 Å². The molecule has 0 saturated carbocycles. The Labute approximate surface area is 175 Å². The number of aryl methyl sites for hydroxylation is 1. The summed E-state index contributed by atoms with van der Waals surface area (Å²) in [5, 5.41) is 22.6. The van der Waals surface area contributed by atoms with E-state index in [1.807, 2.05) is 6.07 Å². The summed E-state index contributed by atoms with van der Waals surface area (Å²) < 4.78 is 0. The van der Waals surface area contributed by atoms with Crippen molar-refractivity contribution >= 4 is 17.5 Å². The third-order valence-electron chi connectivity index (χ3n) is 5.90. The molecule has 2 amide bonds. The molecule has 0 bridgehead atoms. The summed E-state index contributed by atoms with van der Waals surface area (Å²) in [5.74, 6) is -0.672. The number of benzene rings is 2. The van der Waals surface area contributed by atoms with Crippen LogP contribution >= 0.6 is 0 Å². The molecule has 2 atom stereocenters. The molecule has 0 aromatic heterocycles. The number of aliphatic hydroxyl groups is 1. The van der Waals surface area contributed by atoms with Crippen LogP contribution in [0.4, 0.5) is 5.69 Å². The Morgan fingerprint density at radius 1 is 1.20 bits per heavy atom. The van der Waals surface area contributed by atoms with Gasteiger partial charge in [-0.3, -0.25) is 9.59 Å². The average Bonchev–Trinajstić information content (AvgIpc) is 3.13. The van der Waals surface area contributed by atoms with Gasteiger partial charge in [0.25, 0.3) is 5.91 Å². The first kappa shape index (κ1) is 20.2. The summed E-state index contributed by atoms with van der Waals surface area (Å²) >= 11 is 0. The molecule has 2 heterocycles. The molecule has 1 saturated heterocycles. The summed E-state index contributed by atoms with van der Waals surface area (Å²) in [6, 6.07) is 11.5. The van der Waals surface area contributed by atoms with Gasteiger partial charge >= 0.3 is 0 Å². The molecule has 30 heavy (non-hydrogen) atoms. The van der Waals surface area contributed by atoms with Gasteiger partial charge in [0, 0.05) is 44.4 Å². The Morgan fingerprint density at radius 2 is 2.03 bits per heavy atom. The number of nitrogens with zero attached hydrogens (tertiary/aromatic N) is 2. The van der Waals surface area contributed by atoms with Crippen molar-refractivity contribution in [3.05, 3.63) is 59.2 Å². The number of rotatable bonds is 4. The molecule has 0 aliphatic carbocycles. The zero-order chi connectivity index (χ0) is 21.3. The number of amides is 2. The van der Waals surface area contributed by atoms with Gasteiger partial charge < -0.3 is 25.3 Å². The molecule has 3 N–H and O–H groups in total. The Kier molecular flexibility index (Phi) is 5.63. The summed E-state index contributed by atoms with van der Waals surface area (Å²) in [5.41, 5.74) is 3.83. The van der Waals surface area contributed by atoms with Gasteiger partial charge in [0.1, 0.15) is 11.8 Å². The number of likely N-dealkylation sites (tertiary alicyclic amines) is 1. The van der Waals surface area contributed by atoms with Crippen molar-refractivity contribution in [3.63, 3.8) is 0 Å². The van der Waals surface area contributed by atoms with E-state index >= 15 is 0 Å². The van der Waals surface area contributed by atoms with Crippen LogP contribution in [0.3, 0.4) is 0 Å². The van der Waals surface area contributed by atoms with Gasteiger partial charge in [0.05, 0.1) is 6.10 Å². The third-order valence-corrected chi connectivity index (χ3v) is 5.90. The quantitative estimate of drug-likeness (QED) is 0.714. The van der Waals surface area contributed by atoms with Gasteiger partial charge in [-0.1, -0.05) is 18.2 Å². The number of β-amino-alcohol motifs (C(OH)–C–C–N with tert-alkyl or cyclic N) is 1. The highest BCUT2D eigenvalue weighted by molar-refractivity contribution is 5.98. The zero-order valence-corrected chi connectivity index (χ0v) is 17.0. The van der Waals surface area contributed by atoms with E-state index < -0.39 is 12.1 Å². The monoisotopic (exact) mass is 409 g/mol. The fraction of sp³-hybridized carbons (Fsp3) is 0.391. The van der Waals surface area contributed by atoms with Gasteiger partial charge in [-0.2, -0.15) is 0 Å². The predicted octanol–water partition coefficient (Wildman–Crippen LogP) is 1.67. The van der Waals surface area contributed by atoms with Crippen molar-refractivity contribution in [2.45, 2.75) is 38.0 Å². The fourth-order valence-electron chi connectivity index (χ4n) is 4.35. The predicted molar refractivity (Wildman–Crippen MR) is 113 cm³/mol. The summed E-state index contributed by atoms with van der Waals surface area (Å²) in [7, 11) is 2.09. The van der Waals surface area contributed by atoms with E-state index in [2.05, 4.69) is 29.4 Å². The standard InChI is InChI=1S/C23H27N3O4/c1-25-9-3-5-16-10-15(7-8-20(16)25)13-24-22(29)21-12-19(28)14-26(21)23(30)17-4-2-6-18(27)11-17/h2,4,6-8,10-11,19,21,27-28H,3,5,9,12-14H2,1H3,(H,24,29)/t19-,21+/m1/s1. The molecule has 4 rings (SSSR count). The molecule has 2 aromatic rings. The second kappa shape index (κ2) is 8.36. The maximum absolute atomic E-state index is 12.8. The maximum atomic E-state index is 12.8. The molecule has 0 unspecified atom stereocenters. The van der Waals surface area contributed by atoms with Gasteiger partial charge in [-0.15, -0.1) is 0 Å². The molecule has 7 heteroatoms. The van der Waals surface area contributed by atoms with Crippen LogP contribution in [-0.2, 0) is 17.8 Å². The van der Waals surface area contributed by atoms with Crippen LogP contribution in [0.15, 0.2) is 42.5 Å². The number of nitrogens with one attached hydrogen (secondary N) is 1. The Bertz CT molecular complexity index is 961. The van der Waals surface area contributed by atoms with E-state index in [0.29, 0.717) is 12.1 Å².